The maximum atomic E-state index is 12.2. The van der Waals surface area contributed by atoms with Crippen LogP contribution >= 0.6 is 0 Å². The molecule has 2 atom stereocenters. The summed E-state index contributed by atoms with van der Waals surface area (Å²) in [6.45, 7) is 0. The zero-order valence-corrected chi connectivity index (χ0v) is 10.7. The van der Waals surface area contributed by atoms with E-state index in [1.54, 1.807) is 0 Å². The van der Waals surface area contributed by atoms with Gasteiger partial charge < -0.3 is 25.2 Å². The summed E-state index contributed by atoms with van der Waals surface area (Å²) < 4.78 is 5.52. The summed E-state index contributed by atoms with van der Waals surface area (Å²) in [7, 11) is 0. The van der Waals surface area contributed by atoms with E-state index < -0.39 is 23.7 Å². The second-order valence-electron chi connectivity index (χ2n) is 4.74. The molecule has 0 fully saturated rings. The molecule has 108 valence electrons. The highest BCUT2D eigenvalue weighted by Crippen LogP contribution is 2.41. The van der Waals surface area contributed by atoms with Gasteiger partial charge >= 0.3 is 0 Å². The Morgan fingerprint density at radius 3 is 2.57 bits per heavy atom. The van der Waals surface area contributed by atoms with Crippen LogP contribution in [0.15, 0.2) is 36.4 Å². The van der Waals surface area contributed by atoms with Crippen molar-refractivity contribution >= 4 is 5.78 Å². The number of hydrogen-bond acceptors (Lipinski definition) is 6. The van der Waals surface area contributed by atoms with Crippen molar-refractivity contribution < 1.29 is 30.0 Å². The number of para-hydroxylation sites is 1. The van der Waals surface area contributed by atoms with Gasteiger partial charge in [-0.2, -0.15) is 0 Å². The summed E-state index contributed by atoms with van der Waals surface area (Å²) in [5.74, 6) is -1.39. The second kappa shape index (κ2) is 4.68. The number of carbonyl (C=O) groups is 1. The molecule has 1 aliphatic rings. The van der Waals surface area contributed by atoms with Crippen LogP contribution in [0.2, 0.25) is 0 Å². The lowest BCUT2D eigenvalue weighted by Crippen LogP contribution is -2.36. The van der Waals surface area contributed by atoms with E-state index >= 15 is 0 Å². The molecule has 0 aliphatic carbocycles. The first-order chi connectivity index (χ1) is 9.99. The molecule has 0 bridgehead atoms. The largest absolute Gasteiger partial charge is 0.508 e. The minimum absolute atomic E-state index is 0.0863. The summed E-state index contributed by atoms with van der Waals surface area (Å²) in [6.07, 6.45) is -2.69. The number of ether oxygens (including phenoxy) is 1. The fraction of sp³-hybridized carbons (Fsp3) is 0.133. The number of fused-ring (bicyclic) bond motifs is 1. The fourth-order valence-corrected chi connectivity index (χ4v) is 2.32. The van der Waals surface area contributed by atoms with Crippen molar-refractivity contribution in [2.45, 2.75) is 12.2 Å². The molecule has 0 saturated heterocycles. The van der Waals surface area contributed by atoms with Crippen molar-refractivity contribution in [1.82, 2.24) is 0 Å². The van der Waals surface area contributed by atoms with E-state index in [9.17, 15) is 25.2 Å². The van der Waals surface area contributed by atoms with Crippen LogP contribution in [-0.4, -0.2) is 32.3 Å². The molecule has 6 nitrogen and oxygen atoms in total. The van der Waals surface area contributed by atoms with E-state index in [0.717, 1.165) is 0 Å². The summed E-state index contributed by atoms with van der Waals surface area (Å²) in [6, 6.07) is 8.10. The third-order valence-corrected chi connectivity index (χ3v) is 3.39. The van der Waals surface area contributed by atoms with E-state index in [1.165, 1.54) is 36.4 Å². The number of phenolic OH excluding ortho intramolecular Hbond substituents is 3. The van der Waals surface area contributed by atoms with Gasteiger partial charge in [0.2, 0.25) is 0 Å². The van der Waals surface area contributed by atoms with Gasteiger partial charge in [-0.1, -0.05) is 12.1 Å². The number of carbonyl (C=O) groups excluding carboxylic acids is 1. The summed E-state index contributed by atoms with van der Waals surface area (Å²) >= 11 is 0. The van der Waals surface area contributed by atoms with Crippen LogP contribution in [0.25, 0.3) is 0 Å². The highest BCUT2D eigenvalue weighted by atomic mass is 16.5. The molecule has 0 aromatic heterocycles. The Morgan fingerprint density at radius 2 is 1.81 bits per heavy atom. The number of hydrogen-bond donors (Lipinski definition) is 4. The lowest BCUT2D eigenvalue weighted by Gasteiger charge is -2.30. The normalized spacial score (nSPS) is 20.7. The Bertz CT molecular complexity index is 724. The Morgan fingerprint density at radius 1 is 1.05 bits per heavy atom. The summed E-state index contributed by atoms with van der Waals surface area (Å²) in [5.41, 5.74) is 0.237. The zero-order valence-electron chi connectivity index (χ0n) is 10.7. The van der Waals surface area contributed by atoms with Crippen LogP contribution in [0.3, 0.4) is 0 Å². The van der Waals surface area contributed by atoms with Gasteiger partial charge in [0.05, 0.1) is 5.56 Å². The Hall–Kier alpha value is -2.73. The smallest absolute Gasteiger partial charge is 0.199 e. The van der Waals surface area contributed by atoms with Gasteiger partial charge in [0, 0.05) is 11.6 Å². The van der Waals surface area contributed by atoms with Crippen LogP contribution in [-0.2, 0) is 0 Å². The fourth-order valence-electron chi connectivity index (χ4n) is 2.32. The monoisotopic (exact) mass is 288 g/mol. The average molecular weight is 288 g/mol. The van der Waals surface area contributed by atoms with Crippen molar-refractivity contribution in [2.24, 2.45) is 0 Å². The van der Waals surface area contributed by atoms with Crippen LogP contribution < -0.4 is 4.74 Å². The Kier molecular flexibility index (Phi) is 2.95. The first kappa shape index (κ1) is 13.3. The van der Waals surface area contributed by atoms with Crippen molar-refractivity contribution in [2.75, 3.05) is 0 Å². The van der Waals surface area contributed by atoms with Crippen LogP contribution in [0.1, 0.15) is 22.0 Å². The molecule has 0 radical (unpaired) electrons. The van der Waals surface area contributed by atoms with E-state index in [-0.39, 0.29) is 28.4 Å². The molecule has 1 aliphatic heterocycles. The molecule has 4 N–H and O–H groups in total. The third-order valence-electron chi connectivity index (χ3n) is 3.39. The lowest BCUT2D eigenvalue weighted by atomic mass is 9.93. The van der Waals surface area contributed by atoms with Gasteiger partial charge in [-0.3, -0.25) is 4.79 Å². The molecule has 0 unspecified atom stereocenters. The number of aromatic hydroxyl groups is 3. The van der Waals surface area contributed by atoms with Gasteiger partial charge in [-0.05, 0) is 18.2 Å². The molecule has 0 spiro atoms. The first-order valence-electron chi connectivity index (χ1n) is 6.22. The molecule has 0 saturated carbocycles. The Balaban J connectivity index is 2.09. The molecule has 6 heteroatoms. The zero-order chi connectivity index (χ0) is 15.1. The van der Waals surface area contributed by atoms with Gasteiger partial charge in [-0.15, -0.1) is 0 Å². The van der Waals surface area contributed by atoms with Gasteiger partial charge in [0.15, 0.2) is 29.5 Å². The predicted molar refractivity (Wildman–Crippen MR) is 71.6 cm³/mol. The molecular formula is C15H12O6. The molecule has 2 aromatic carbocycles. The van der Waals surface area contributed by atoms with E-state index in [1.807, 2.05) is 0 Å². The quantitative estimate of drug-likeness (QED) is 0.592. The van der Waals surface area contributed by atoms with E-state index in [0.29, 0.717) is 0 Å². The SMILES string of the molecule is O=C1c2ccc(O)cc2O[C@H](c2cccc(O)c2O)[C@H]1O. The number of Topliss-reactive ketones (excluding diaryl/α,β-unsaturated/α-hetero) is 1. The molecule has 1 heterocycles. The van der Waals surface area contributed by atoms with E-state index in [4.69, 9.17) is 4.74 Å². The van der Waals surface area contributed by atoms with Crippen molar-refractivity contribution in [3.8, 4) is 23.0 Å². The Labute approximate surface area is 119 Å². The van der Waals surface area contributed by atoms with Crippen molar-refractivity contribution in [3.05, 3.63) is 47.5 Å². The standard InChI is InChI=1S/C15H12O6/c16-7-4-5-8-11(6-7)21-15(14(20)13(8)19)9-2-1-3-10(17)12(9)18/h1-6,14-18,20H/t14-,15+/m0/s1. The maximum Gasteiger partial charge on any atom is 0.199 e. The topological polar surface area (TPSA) is 107 Å². The number of aliphatic hydroxyl groups is 1. The lowest BCUT2D eigenvalue weighted by molar-refractivity contribution is 0.0207. The highest BCUT2D eigenvalue weighted by Gasteiger charge is 2.38. The molecule has 0 amide bonds. The summed E-state index contributed by atoms with van der Waals surface area (Å²) in [4.78, 5) is 12.2. The maximum absolute atomic E-state index is 12.2. The van der Waals surface area contributed by atoms with Crippen molar-refractivity contribution in [3.63, 3.8) is 0 Å². The van der Waals surface area contributed by atoms with Crippen molar-refractivity contribution in [1.29, 1.82) is 0 Å². The number of rotatable bonds is 1. The number of benzene rings is 2. The third kappa shape index (κ3) is 2.05. The average Bonchev–Trinajstić information content (AvgIpc) is 2.46. The van der Waals surface area contributed by atoms with Crippen LogP contribution in [0.5, 0.6) is 23.0 Å². The minimum Gasteiger partial charge on any atom is -0.508 e. The van der Waals surface area contributed by atoms with Crippen LogP contribution in [0.4, 0.5) is 0 Å². The number of aliphatic hydroxyl groups excluding tert-OH is 1. The predicted octanol–water partition coefficient (Wildman–Crippen LogP) is 1.48. The van der Waals surface area contributed by atoms with Crippen LogP contribution in [0, 0.1) is 0 Å². The first-order valence-corrected chi connectivity index (χ1v) is 6.22. The van der Waals surface area contributed by atoms with E-state index in [2.05, 4.69) is 0 Å². The van der Waals surface area contributed by atoms with Gasteiger partial charge in [0.1, 0.15) is 11.5 Å². The minimum atomic E-state index is -1.52. The number of phenols is 3. The highest BCUT2D eigenvalue weighted by molar-refractivity contribution is 6.03. The molecular weight excluding hydrogens is 276 g/mol. The van der Waals surface area contributed by atoms with Gasteiger partial charge in [-0.25, -0.2) is 0 Å². The van der Waals surface area contributed by atoms with Gasteiger partial charge in [0.25, 0.3) is 0 Å². The molecule has 2 aromatic rings. The number of ketones is 1. The summed E-state index contributed by atoms with van der Waals surface area (Å²) in [5, 5.41) is 38.9. The second-order valence-corrected chi connectivity index (χ2v) is 4.74. The molecule has 21 heavy (non-hydrogen) atoms. The molecule has 3 rings (SSSR count).